The summed E-state index contributed by atoms with van der Waals surface area (Å²) < 4.78 is 29.5. The minimum atomic E-state index is -3.59. The number of benzene rings is 1. The number of nitrogens with zero attached hydrogens (tertiary/aromatic N) is 2. The molecule has 1 aliphatic rings. The van der Waals surface area contributed by atoms with Crippen LogP contribution in [0.1, 0.15) is 28.9 Å². The van der Waals surface area contributed by atoms with Crippen molar-refractivity contribution in [3.63, 3.8) is 0 Å². The van der Waals surface area contributed by atoms with Gasteiger partial charge in [-0.15, -0.1) is 0 Å². The van der Waals surface area contributed by atoms with Gasteiger partial charge in [0.15, 0.2) is 0 Å². The first-order chi connectivity index (χ1) is 11.8. The third-order valence-corrected chi connectivity index (χ3v) is 6.07. The second-order valence-corrected chi connectivity index (χ2v) is 8.05. The molecule has 1 aliphatic heterocycles. The molecular weight excluding hydrogens is 340 g/mol. The summed E-state index contributed by atoms with van der Waals surface area (Å²) in [6.45, 7) is 4.21. The van der Waals surface area contributed by atoms with Crippen molar-refractivity contribution in [2.75, 3.05) is 11.9 Å². The topological polar surface area (TPSA) is 93.1 Å². The average Bonchev–Trinajstić information content (AvgIpc) is 2.80. The van der Waals surface area contributed by atoms with Gasteiger partial charge in [-0.3, -0.25) is 9.48 Å². The molecule has 2 aromatic rings. The Morgan fingerprint density at radius 2 is 2.04 bits per heavy atom. The maximum Gasteiger partial charge on any atom is 0.240 e. The van der Waals surface area contributed by atoms with E-state index in [1.807, 2.05) is 20.9 Å². The summed E-state index contributed by atoms with van der Waals surface area (Å²) in [5.74, 6) is -0.0385. The Morgan fingerprint density at radius 1 is 1.28 bits per heavy atom. The van der Waals surface area contributed by atoms with Crippen LogP contribution < -0.4 is 10.0 Å². The standard InChI is InChI=1S/C17H22N4O3S/c1-11-15(12(2)21(3)20-11)8-9-18-25(23,24)14-5-6-16-13(10-14)4-7-17(22)19-16/h5-6,10,18H,4,7-9H2,1-3H3,(H,19,22). The molecule has 8 heteroatoms. The number of hydrogen-bond donors (Lipinski definition) is 2. The number of anilines is 1. The molecule has 0 fully saturated rings. The third-order valence-electron chi connectivity index (χ3n) is 4.61. The van der Waals surface area contributed by atoms with E-state index in [1.54, 1.807) is 16.8 Å². The zero-order valence-electron chi connectivity index (χ0n) is 14.6. The lowest BCUT2D eigenvalue weighted by Crippen LogP contribution is -2.27. The highest BCUT2D eigenvalue weighted by atomic mass is 32.2. The Kier molecular flexibility index (Phi) is 4.66. The van der Waals surface area contributed by atoms with Gasteiger partial charge in [-0.05, 0) is 56.0 Å². The van der Waals surface area contributed by atoms with E-state index in [-0.39, 0.29) is 10.8 Å². The number of nitrogens with one attached hydrogen (secondary N) is 2. The average molecular weight is 362 g/mol. The zero-order valence-corrected chi connectivity index (χ0v) is 15.4. The molecule has 0 unspecified atom stereocenters. The monoisotopic (exact) mass is 362 g/mol. The fourth-order valence-electron chi connectivity index (χ4n) is 3.10. The van der Waals surface area contributed by atoms with Crippen molar-refractivity contribution in [2.24, 2.45) is 7.05 Å². The Morgan fingerprint density at radius 3 is 2.72 bits per heavy atom. The van der Waals surface area contributed by atoms with Gasteiger partial charge in [0.25, 0.3) is 0 Å². The number of rotatable bonds is 5. The minimum absolute atomic E-state index is 0.0385. The molecule has 0 saturated carbocycles. The summed E-state index contributed by atoms with van der Waals surface area (Å²) in [6, 6.07) is 4.81. The molecule has 3 rings (SSSR count). The number of hydrogen-bond acceptors (Lipinski definition) is 4. The number of sulfonamides is 1. The van der Waals surface area contributed by atoms with E-state index >= 15 is 0 Å². The van der Waals surface area contributed by atoms with Gasteiger partial charge >= 0.3 is 0 Å². The predicted octanol–water partition coefficient (Wildman–Crippen LogP) is 1.44. The molecule has 134 valence electrons. The first-order valence-corrected chi connectivity index (χ1v) is 9.68. The number of amides is 1. The predicted molar refractivity (Wildman–Crippen MR) is 95.0 cm³/mol. The molecule has 0 radical (unpaired) electrons. The molecule has 2 N–H and O–H groups in total. The van der Waals surface area contributed by atoms with Crippen molar-refractivity contribution < 1.29 is 13.2 Å². The van der Waals surface area contributed by atoms with E-state index in [0.29, 0.717) is 31.5 Å². The van der Waals surface area contributed by atoms with Crippen LogP contribution in [0.5, 0.6) is 0 Å². The molecule has 0 spiro atoms. The molecular formula is C17H22N4O3S. The molecule has 1 aromatic carbocycles. The van der Waals surface area contributed by atoms with Crippen LogP contribution in [-0.4, -0.2) is 30.7 Å². The van der Waals surface area contributed by atoms with Gasteiger partial charge in [0, 0.05) is 31.4 Å². The van der Waals surface area contributed by atoms with Crippen molar-refractivity contribution in [1.29, 1.82) is 0 Å². The highest BCUT2D eigenvalue weighted by Crippen LogP contribution is 2.25. The first-order valence-electron chi connectivity index (χ1n) is 8.19. The van der Waals surface area contributed by atoms with E-state index in [9.17, 15) is 13.2 Å². The first kappa shape index (κ1) is 17.6. The van der Waals surface area contributed by atoms with Crippen molar-refractivity contribution in [3.8, 4) is 0 Å². The Labute approximate surface area is 147 Å². The summed E-state index contributed by atoms with van der Waals surface area (Å²) in [7, 11) is -1.71. The van der Waals surface area contributed by atoms with Crippen molar-refractivity contribution in [1.82, 2.24) is 14.5 Å². The summed E-state index contributed by atoms with van der Waals surface area (Å²) in [4.78, 5) is 11.6. The fraction of sp³-hybridized carbons (Fsp3) is 0.412. The summed E-state index contributed by atoms with van der Waals surface area (Å²) in [5, 5.41) is 7.10. The molecule has 25 heavy (non-hydrogen) atoms. The second-order valence-electron chi connectivity index (χ2n) is 6.29. The lowest BCUT2D eigenvalue weighted by molar-refractivity contribution is -0.116. The van der Waals surface area contributed by atoms with Gasteiger partial charge in [-0.25, -0.2) is 13.1 Å². The van der Waals surface area contributed by atoms with Gasteiger partial charge in [0.2, 0.25) is 15.9 Å². The SMILES string of the molecule is Cc1nn(C)c(C)c1CCNS(=O)(=O)c1ccc2c(c1)CCC(=O)N2. The molecule has 1 aromatic heterocycles. The van der Waals surface area contributed by atoms with Crippen LogP contribution in [0.2, 0.25) is 0 Å². The molecule has 0 bridgehead atoms. The third kappa shape index (κ3) is 3.59. The van der Waals surface area contributed by atoms with Crippen molar-refractivity contribution in [3.05, 3.63) is 40.7 Å². The largest absolute Gasteiger partial charge is 0.326 e. The zero-order chi connectivity index (χ0) is 18.2. The van der Waals surface area contributed by atoms with E-state index < -0.39 is 10.0 Å². The Bertz CT molecular complexity index is 932. The van der Waals surface area contributed by atoms with Crippen LogP contribution in [0.15, 0.2) is 23.1 Å². The molecule has 0 saturated heterocycles. The van der Waals surface area contributed by atoms with Crippen LogP contribution in [0.25, 0.3) is 0 Å². The lowest BCUT2D eigenvalue weighted by Gasteiger charge is -2.17. The smallest absolute Gasteiger partial charge is 0.240 e. The summed E-state index contributed by atoms with van der Waals surface area (Å²) in [6.07, 6.45) is 1.52. The molecule has 2 heterocycles. The number of fused-ring (bicyclic) bond motifs is 1. The molecule has 0 aliphatic carbocycles. The molecule has 7 nitrogen and oxygen atoms in total. The highest BCUT2D eigenvalue weighted by Gasteiger charge is 2.20. The van der Waals surface area contributed by atoms with Crippen LogP contribution in [0.4, 0.5) is 5.69 Å². The van der Waals surface area contributed by atoms with E-state index in [0.717, 1.165) is 22.5 Å². The number of aromatic nitrogens is 2. The van der Waals surface area contributed by atoms with Gasteiger partial charge in [-0.2, -0.15) is 5.10 Å². The number of carbonyl (C=O) groups is 1. The summed E-state index contributed by atoms with van der Waals surface area (Å²) >= 11 is 0. The van der Waals surface area contributed by atoms with Crippen LogP contribution in [0.3, 0.4) is 0 Å². The van der Waals surface area contributed by atoms with E-state index in [4.69, 9.17) is 0 Å². The van der Waals surface area contributed by atoms with E-state index in [1.165, 1.54) is 6.07 Å². The normalized spacial score (nSPS) is 14.3. The Balaban J connectivity index is 1.71. The fourth-order valence-corrected chi connectivity index (χ4v) is 4.18. The maximum absolute atomic E-state index is 12.5. The van der Waals surface area contributed by atoms with Crippen LogP contribution in [-0.2, 0) is 34.7 Å². The van der Waals surface area contributed by atoms with Gasteiger partial charge in [-0.1, -0.05) is 0 Å². The molecule has 1 amide bonds. The summed E-state index contributed by atoms with van der Waals surface area (Å²) in [5.41, 5.74) is 4.57. The van der Waals surface area contributed by atoms with Gasteiger partial charge < -0.3 is 5.32 Å². The number of carbonyl (C=O) groups excluding carboxylic acids is 1. The van der Waals surface area contributed by atoms with E-state index in [2.05, 4.69) is 15.1 Å². The van der Waals surface area contributed by atoms with Crippen LogP contribution >= 0.6 is 0 Å². The Hall–Kier alpha value is -2.19. The van der Waals surface area contributed by atoms with Gasteiger partial charge in [0.1, 0.15) is 0 Å². The highest BCUT2D eigenvalue weighted by molar-refractivity contribution is 7.89. The minimum Gasteiger partial charge on any atom is -0.326 e. The van der Waals surface area contributed by atoms with Gasteiger partial charge in [0.05, 0.1) is 10.6 Å². The lowest BCUT2D eigenvalue weighted by atomic mass is 10.0. The van der Waals surface area contributed by atoms with Crippen molar-refractivity contribution >= 4 is 21.6 Å². The maximum atomic E-state index is 12.5. The van der Waals surface area contributed by atoms with Crippen molar-refractivity contribution in [2.45, 2.75) is 38.0 Å². The van der Waals surface area contributed by atoms with Crippen LogP contribution in [0, 0.1) is 13.8 Å². The second kappa shape index (κ2) is 6.61. The molecule has 0 atom stereocenters. The number of aryl methyl sites for hydroxylation is 3. The quantitative estimate of drug-likeness (QED) is 0.842.